The van der Waals surface area contributed by atoms with Crippen molar-refractivity contribution in [3.8, 4) is 0 Å². The van der Waals surface area contributed by atoms with Gasteiger partial charge in [-0.2, -0.15) is 4.31 Å². The number of benzene rings is 1. The number of hydrogen-bond donors (Lipinski definition) is 2. The minimum Gasteiger partial charge on any atom is -0.382 e. The predicted molar refractivity (Wildman–Crippen MR) is 113 cm³/mol. The average molecular weight is 411 g/mol. The second-order valence-corrected chi connectivity index (χ2v) is 8.80. The molecule has 0 amide bonds. The molecule has 7 nitrogen and oxygen atoms in total. The molecule has 1 aromatic carbocycles. The van der Waals surface area contributed by atoms with Crippen molar-refractivity contribution in [2.24, 2.45) is 10.9 Å². The Morgan fingerprint density at radius 1 is 1.18 bits per heavy atom. The molecule has 0 spiro atoms. The fourth-order valence-electron chi connectivity index (χ4n) is 3.16. The molecule has 0 unspecified atom stereocenters. The van der Waals surface area contributed by atoms with Gasteiger partial charge in [0, 0.05) is 45.9 Å². The van der Waals surface area contributed by atoms with E-state index >= 15 is 0 Å². The minimum atomic E-state index is -3.38. The summed E-state index contributed by atoms with van der Waals surface area (Å²) in [5.41, 5.74) is 0. The van der Waals surface area contributed by atoms with Gasteiger partial charge in [0.05, 0.1) is 4.90 Å². The highest BCUT2D eigenvalue weighted by atomic mass is 32.2. The van der Waals surface area contributed by atoms with Crippen LogP contribution in [0.5, 0.6) is 0 Å². The Kier molecular flexibility index (Phi) is 9.73. The lowest BCUT2D eigenvalue weighted by atomic mass is 9.98. The molecule has 1 heterocycles. The number of nitrogens with zero attached hydrogens (tertiary/aromatic N) is 2. The largest absolute Gasteiger partial charge is 0.382 e. The molecular weight excluding hydrogens is 376 g/mol. The van der Waals surface area contributed by atoms with Gasteiger partial charge in [-0.15, -0.1) is 0 Å². The van der Waals surface area contributed by atoms with Crippen LogP contribution in [0, 0.1) is 5.92 Å². The summed E-state index contributed by atoms with van der Waals surface area (Å²) in [6.07, 6.45) is 2.60. The normalized spacial score (nSPS) is 16.9. The molecule has 1 aromatic rings. The third kappa shape index (κ3) is 7.07. The molecule has 0 aromatic heterocycles. The van der Waals surface area contributed by atoms with Crippen molar-refractivity contribution in [1.29, 1.82) is 0 Å². The van der Waals surface area contributed by atoms with Crippen molar-refractivity contribution in [1.82, 2.24) is 14.9 Å². The van der Waals surface area contributed by atoms with Gasteiger partial charge in [-0.1, -0.05) is 18.2 Å². The van der Waals surface area contributed by atoms with Gasteiger partial charge in [0.25, 0.3) is 0 Å². The summed E-state index contributed by atoms with van der Waals surface area (Å²) in [7, 11) is -3.38. The monoisotopic (exact) mass is 410 g/mol. The van der Waals surface area contributed by atoms with Crippen molar-refractivity contribution in [3.63, 3.8) is 0 Å². The van der Waals surface area contributed by atoms with Gasteiger partial charge in [-0.25, -0.2) is 8.42 Å². The maximum Gasteiger partial charge on any atom is 0.243 e. The number of rotatable bonds is 10. The van der Waals surface area contributed by atoms with Gasteiger partial charge in [0.1, 0.15) is 0 Å². The van der Waals surface area contributed by atoms with E-state index in [0.717, 1.165) is 51.5 Å². The molecule has 0 atom stereocenters. The molecule has 2 N–H and O–H groups in total. The molecule has 1 fully saturated rings. The molecule has 8 heteroatoms. The van der Waals surface area contributed by atoms with Gasteiger partial charge in [0.15, 0.2) is 5.96 Å². The number of hydrogen-bond acceptors (Lipinski definition) is 4. The molecule has 2 rings (SSSR count). The number of piperidine rings is 1. The Morgan fingerprint density at radius 2 is 1.89 bits per heavy atom. The van der Waals surface area contributed by atoms with Crippen molar-refractivity contribution in [3.05, 3.63) is 30.3 Å². The van der Waals surface area contributed by atoms with E-state index in [1.54, 1.807) is 28.6 Å². The fourth-order valence-corrected chi connectivity index (χ4v) is 4.65. The molecule has 1 aliphatic rings. The van der Waals surface area contributed by atoms with E-state index in [4.69, 9.17) is 4.74 Å². The number of nitrogens with one attached hydrogen (secondary N) is 2. The first-order chi connectivity index (χ1) is 13.6. The molecule has 158 valence electrons. The molecule has 0 aliphatic carbocycles. The molecule has 28 heavy (non-hydrogen) atoms. The molecule has 0 saturated carbocycles. The van der Waals surface area contributed by atoms with E-state index in [1.807, 2.05) is 19.9 Å². The van der Waals surface area contributed by atoms with Gasteiger partial charge in [0.2, 0.25) is 10.0 Å². The number of ether oxygens (including phenoxy) is 1. The van der Waals surface area contributed by atoms with Gasteiger partial charge in [-0.05, 0) is 51.2 Å². The van der Waals surface area contributed by atoms with Crippen LogP contribution in [0.1, 0.15) is 33.1 Å². The molecule has 0 bridgehead atoms. The second-order valence-electron chi connectivity index (χ2n) is 6.86. The van der Waals surface area contributed by atoms with Crippen LogP contribution >= 0.6 is 0 Å². The number of sulfonamides is 1. The average Bonchev–Trinajstić information content (AvgIpc) is 2.72. The maximum absolute atomic E-state index is 12.7. The van der Waals surface area contributed by atoms with Crippen LogP contribution in [-0.2, 0) is 14.8 Å². The Labute approximate surface area is 169 Å². The van der Waals surface area contributed by atoms with Crippen LogP contribution in [0.4, 0.5) is 0 Å². The zero-order chi connectivity index (χ0) is 20.2. The fraction of sp³-hybridized carbons (Fsp3) is 0.650. The summed E-state index contributed by atoms with van der Waals surface area (Å²) in [6, 6.07) is 8.67. The molecular formula is C20H34N4O3S. The van der Waals surface area contributed by atoms with Crippen molar-refractivity contribution >= 4 is 16.0 Å². The van der Waals surface area contributed by atoms with Crippen LogP contribution < -0.4 is 10.6 Å². The lowest BCUT2D eigenvalue weighted by Gasteiger charge is -2.30. The predicted octanol–water partition coefficient (Wildman–Crippen LogP) is 2.07. The minimum absolute atomic E-state index is 0.372. The Bertz CT molecular complexity index is 687. The third-order valence-corrected chi connectivity index (χ3v) is 6.68. The lowest BCUT2D eigenvalue weighted by Crippen LogP contribution is -2.40. The topological polar surface area (TPSA) is 83.0 Å². The van der Waals surface area contributed by atoms with E-state index in [9.17, 15) is 8.42 Å². The quantitative estimate of drug-likeness (QED) is 0.351. The summed E-state index contributed by atoms with van der Waals surface area (Å²) in [5.74, 6) is 1.22. The van der Waals surface area contributed by atoms with Crippen molar-refractivity contribution < 1.29 is 13.2 Å². The van der Waals surface area contributed by atoms with Gasteiger partial charge >= 0.3 is 0 Å². The Morgan fingerprint density at radius 3 is 2.54 bits per heavy atom. The van der Waals surface area contributed by atoms with E-state index in [0.29, 0.717) is 30.4 Å². The smallest absolute Gasteiger partial charge is 0.243 e. The van der Waals surface area contributed by atoms with E-state index in [2.05, 4.69) is 15.6 Å². The Balaban J connectivity index is 1.80. The lowest BCUT2D eigenvalue weighted by molar-refractivity contribution is 0.145. The van der Waals surface area contributed by atoms with Crippen LogP contribution in [0.25, 0.3) is 0 Å². The number of aliphatic imine (C=N–C) groups is 1. The first-order valence-electron chi connectivity index (χ1n) is 10.2. The summed E-state index contributed by atoms with van der Waals surface area (Å²) in [6.45, 7) is 8.97. The SMILES string of the molecule is CCNC(=NCC1CCN(S(=O)(=O)c2ccccc2)CC1)NCCCOCC. The summed E-state index contributed by atoms with van der Waals surface area (Å²) >= 11 is 0. The highest BCUT2D eigenvalue weighted by molar-refractivity contribution is 7.89. The molecule has 1 saturated heterocycles. The van der Waals surface area contributed by atoms with Gasteiger partial charge < -0.3 is 15.4 Å². The highest BCUT2D eigenvalue weighted by Crippen LogP contribution is 2.23. The van der Waals surface area contributed by atoms with E-state index in [1.165, 1.54) is 0 Å². The van der Waals surface area contributed by atoms with E-state index < -0.39 is 10.0 Å². The Hall–Kier alpha value is -1.64. The summed E-state index contributed by atoms with van der Waals surface area (Å²) in [5, 5.41) is 6.59. The zero-order valence-corrected chi connectivity index (χ0v) is 17.9. The number of guanidine groups is 1. The van der Waals surface area contributed by atoms with Crippen LogP contribution in [0.3, 0.4) is 0 Å². The third-order valence-electron chi connectivity index (χ3n) is 4.77. The van der Waals surface area contributed by atoms with Crippen molar-refractivity contribution in [2.45, 2.75) is 38.0 Å². The first-order valence-corrected chi connectivity index (χ1v) is 11.7. The molecule has 1 aliphatic heterocycles. The maximum atomic E-state index is 12.7. The standard InChI is InChI=1S/C20H34N4O3S/c1-3-21-20(22-13-8-16-27-4-2)23-17-18-11-14-24(15-12-18)28(25,26)19-9-6-5-7-10-19/h5-7,9-10,18H,3-4,8,11-17H2,1-2H3,(H2,21,22,23). The highest BCUT2D eigenvalue weighted by Gasteiger charge is 2.29. The van der Waals surface area contributed by atoms with Crippen molar-refractivity contribution in [2.75, 3.05) is 45.9 Å². The molecule has 0 radical (unpaired) electrons. The van der Waals surface area contributed by atoms with Crippen LogP contribution in [0.2, 0.25) is 0 Å². The van der Waals surface area contributed by atoms with E-state index in [-0.39, 0.29) is 0 Å². The van der Waals surface area contributed by atoms with Gasteiger partial charge in [-0.3, -0.25) is 4.99 Å². The summed E-state index contributed by atoms with van der Waals surface area (Å²) < 4.78 is 32.4. The second kappa shape index (κ2) is 12.0. The zero-order valence-electron chi connectivity index (χ0n) is 17.1. The summed E-state index contributed by atoms with van der Waals surface area (Å²) in [4.78, 5) is 5.06. The first kappa shape index (κ1) is 22.6. The van der Waals surface area contributed by atoms with Crippen LogP contribution in [0.15, 0.2) is 40.2 Å². The van der Waals surface area contributed by atoms with Crippen LogP contribution in [-0.4, -0.2) is 64.6 Å².